The van der Waals surface area contributed by atoms with Crippen LogP contribution in [0.4, 0.5) is 14.9 Å². The first-order valence-electron chi connectivity index (χ1n) is 6.88. The number of urea groups is 1. The lowest BCUT2D eigenvalue weighted by atomic mass is 9.81. The number of nitrogens with two attached hydrogens (primary N) is 1. The third-order valence-corrected chi connectivity index (χ3v) is 3.76. The Labute approximate surface area is 122 Å². The van der Waals surface area contributed by atoms with Gasteiger partial charge in [0.15, 0.2) is 5.84 Å². The fourth-order valence-corrected chi connectivity index (χ4v) is 2.61. The summed E-state index contributed by atoms with van der Waals surface area (Å²) in [5.41, 5.74) is 5.40. The van der Waals surface area contributed by atoms with E-state index in [-0.39, 0.29) is 11.7 Å². The molecule has 0 radical (unpaired) electrons. The van der Waals surface area contributed by atoms with Crippen LogP contribution >= 0.6 is 0 Å². The molecule has 2 rings (SSSR count). The molecule has 0 spiro atoms. The molecule has 0 heterocycles. The van der Waals surface area contributed by atoms with Gasteiger partial charge in [-0.1, -0.05) is 24.4 Å². The molecule has 1 saturated carbocycles. The highest BCUT2D eigenvalue weighted by Crippen LogP contribution is 2.28. The first-order chi connectivity index (χ1) is 10.1. The number of carbonyl (C=O) groups excluding carboxylic acids is 1. The molecular weight excluding hydrogens is 275 g/mol. The fraction of sp³-hybridized carbons (Fsp3) is 0.429. The van der Waals surface area contributed by atoms with Gasteiger partial charge in [-0.25, -0.2) is 9.18 Å². The van der Waals surface area contributed by atoms with E-state index in [0.717, 1.165) is 19.3 Å². The molecule has 1 aromatic carbocycles. The zero-order valence-electron chi connectivity index (χ0n) is 11.6. The molecule has 0 unspecified atom stereocenters. The number of halogens is 1. The van der Waals surface area contributed by atoms with Crippen LogP contribution in [0, 0.1) is 5.82 Å². The molecule has 2 amide bonds. The average molecular weight is 294 g/mol. The topological polar surface area (TPSA) is 99.7 Å². The van der Waals surface area contributed by atoms with Crippen molar-refractivity contribution in [1.82, 2.24) is 5.32 Å². The maximum absolute atomic E-state index is 12.8. The molecular formula is C14H19FN4O2. The SMILES string of the molecule is N/C(=N/O)C1(NC(=O)Nc2ccc(F)cc2)CCCCC1. The third-order valence-electron chi connectivity index (χ3n) is 3.76. The van der Waals surface area contributed by atoms with Crippen molar-refractivity contribution in [2.45, 2.75) is 37.6 Å². The lowest BCUT2D eigenvalue weighted by Crippen LogP contribution is -2.59. The standard InChI is InChI=1S/C14H19FN4O2/c15-10-4-6-11(7-5-10)17-13(20)18-14(12(16)19-21)8-2-1-3-9-14/h4-7,21H,1-3,8-9H2,(H2,16,19)(H2,17,18,20). The molecule has 1 aromatic rings. The molecule has 6 nitrogen and oxygen atoms in total. The van der Waals surface area contributed by atoms with Crippen molar-refractivity contribution in [2.24, 2.45) is 10.9 Å². The number of hydrogen-bond acceptors (Lipinski definition) is 3. The maximum atomic E-state index is 12.8. The first-order valence-corrected chi connectivity index (χ1v) is 6.88. The summed E-state index contributed by atoms with van der Waals surface area (Å²) in [4.78, 5) is 12.1. The summed E-state index contributed by atoms with van der Waals surface area (Å²) < 4.78 is 12.8. The number of benzene rings is 1. The van der Waals surface area contributed by atoms with Crippen LogP contribution in [0.15, 0.2) is 29.4 Å². The summed E-state index contributed by atoms with van der Waals surface area (Å²) in [5.74, 6) is -0.363. The first kappa shape index (κ1) is 15.1. The summed E-state index contributed by atoms with van der Waals surface area (Å²) in [7, 11) is 0. The van der Waals surface area contributed by atoms with E-state index >= 15 is 0 Å². The van der Waals surface area contributed by atoms with Crippen LogP contribution < -0.4 is 16.4 Å². The van der Waals surface area contributed by atoms with Gasteiger partial charge in [-0.3, -0.25) is 0 Å². The summed E-state index contributed by atoms with van der Waals surface area (Å²) in [6.45, 7) is 0. The van der Waals surface area contributed by atoms with Crippen molar-refractivity contribution in [3.8, 4) is 0 Å². The second kappa shape index (κ2) is 6.43. The molecule has 7 heteroatoms. The van der Waals surface area contributed by atoms with Crippen LogP contribution in [-0.2, 0) is 0 Å². The van der Waals surface area contributed by atoms with Crippen molar-refractivity contribution in [3.05, 3.63) is 30.1 Å². The second-order valence-corrected chi connectivity index (χ2v) is 5.21. The molecule has 114 valence electrons. The Morgan fingerprint density at radius 3 is 2.43 bits per heavy atom. The predicted molar refractivity (Wildman–Crippen MR) is 77.8 cm³/mol. The predicted octanol–water partition coefficient (Wildman–Crippen LogP) is 2.40. The molecule has 21 heavy (non-hydrogen) atoms. The van der Waals surface area contributed by atoms with Gasteiger partial charge >= 0.3 is 6.03 Å². The van der Waals surface area contributed by atoms with Crippen LogP contribution in [0.25, 0.3) is 0 Å². The van der Waals surface area contributed by atoms with E-state index < -0.39 is 11.6 Å². The van der Waals surface area contributed by atoms with Crippen molar-refractivity contribution < 1.29 is 14.4 Å². The normalized spacial score (nSPS) is 18.0. The maximum Gasteiger partial charge on any atom is 0.320 e. The monoisotopic (exact) mass is 294 g/mol. The third kappa shape index (κ3) is 3.62. The van der Waals surface area contributed by atoms with Gasteiger partial charge < -0.3 is 21.6 Å². The number of amidine groups is 1. The highest BCUT2D eigenvalue weighted by atomic mass is 19.1. The summed E-state index contributed by atoms with van der Waals surface area (Å²) in [6, 6.07) is 4.98. The molecule has 0 aliphatic heterocycles. The number of oxime groups is 1. The van der Waals surface area contributed by atoms with Crippen molar-refractivity contribution >= 4 is 17.6 Å². The zero-order chi connectivity index (χ0) is 15.3. The van der Waals surface area contributed by atoms with Crippen molar-refractivity contribution in [3.63, 3.8) is 0 Å². The number of rotatable bonds is 3. The molecule has 0 atom stereocenters. The van der Waals surface area contributed by atoms with Crippen molar-refractivity contribution in [2.75, 3.05) is 5.32 Å². The number of hydrogen-bond donors (Lipinski definition) is 4. The molecule has 1 fully saturated rings. The Kier molecular flexibility index (Phi) is 4.62. The molecule has 5 N–H and O–H groups in total. The fourth-order valence-electron chi connectivity index (χ4n) is 2.61. The number of amides is 2. The molecule has 0 bridgehead atoms. The van der Waals surface area contributed by atoms with Crippen LogP contribution in [0.5, 0.6) is 0 Å². The van der Waals surface area contributed by atoms with E-state index in [0.29, 0.717) is 18.5 Å². The summed E-state index contributed by atoms with van der Waals surface area (Å²) >= 11 is 0. The minimum atomic E-state index is -0.822. The van der Waals surface area contributed by atoms with Crippen LogP contribution in [0.2, 0.25) is 0 Å². The summed E-state index contributed by atoms with van der Waals surface area (Å²) in [5, 5.41) is 17.4. The number of anilines is 1. The second-order valence-electron chi connectivity index (χ2n) is 5.21. The lowest BCUT2D eigenvalue weighted by molar-refractivity contribution is 0.233. The Bertz CT molecular complexity index is 524. The Balaban J connectivity index is 2.06. The van der Waals surface area contributed by atoms with Gasteiger partial charge in [0.25, 0.3) is 0 Å². The summed E-state index contributed by atoms with van der Waals surface area (Å²) in [6.07, 6.45) is 4.10. The molecule has 1 aliphatic rings. The Morgan fingerprint density at radius 2 is 1.86 bits per heavy atom. The minimum absolute atomic E-state index is 0.0106. The van der Waals surface area contributed by atoms with Crippen LogP contribution in [-0.4, -0.2) is 22.6 Å². The highest BCUT2D eigenvalue weighted by molar-refractivity contribution is 5.97. The van der Waals surface area contributed by atoms with Gasteiger partial charge in [0.2, 0.25) is 0 Å². The van der Waals surface area contributed by atoms with Crippen LogP contribution in [0.3, 0.4) is 0 Å². The van der Waals surface area contributed by atoms with Gasteiger partial charge in [0.1, 0.15) is 11.4 Å². The van der Waals surface area contributed by atoms with E-state index in [9.17, 15) is 9.18 Å². The quantitative estimate of drug-likeness (QED) is 0.298. The van der Waals surface area contributed by atoms with Gasteiger partial charge in [-0.05, 0) is 37.1 Å². The van der Waals surface area contributed by atoms with Crippen LogP contribution in [0.1, 0.15) is 32.1 Å². The zero-order valence-corrected chi connectivity index (χ0v) is 11.6. The largest absolute Gasteiger partial charge is 0.409 e. The van der Waals surface area contributed by atoms with E-state index in [1.807, 2.05) is 0 Å². The van der Waals surface area contributed by atoms with Gasteiger partial charge in [-0.2, -0.15) is 0 Å². The Morgan fingerprint density at radius 1 is 1.24 bits per heavy atom. The smallest absolute Gasteiger partial charge is 0.320 e. The number of nitrogens with one attached hydrogen (secondary N) is 2. The molecule has 0 aromatic heterocycles. The van der Waals surface area contributed by atoms with Gasteiger partial charge in [0, 0.05) is 5.69 Å². The van der Waals surface area contributed by atoms with E-state index in [2.05, 4.69) is 15.8 Å². The van der Waals surface area contributed by atoms with Crippen molar-refractivity contribution in [1.29, 1.82) is 0 Å². The average Bonchev–Trinajstić information content (AvgIpc) is 2.49. The van der Waals surface area contributed by atoms with E-state index in [1.165, 1.54) is 24.3 Å². The van der Waals surface area contributed by atoms with Gasteiger partial charge in [0.05, 0.1) is 0 Å². The highest BCUT2D eigenvalue weighted by Gasteiger charge is 2.38. The number of carbonyl (C=O) groups is 1. The molecule has 0 saturated heterocycles. The van der Waals surface area contributed by atoms with Gasteiger partial charge in [-0.15, -0.1) is 0 Å². The van der Waals surface area contributed by atoms with E-state index in [4.69, 9.17) is 10.9 Å². The lowest BCUT2D eigenvalue weighted by Gasteiger charge is -2.36. The Hall–Kier alpha value is -2.31. The van der Waals surface area contributed by atoms with E-state index in [1.54, 1.807) is 0 Å². The minimum Gasteiger partial charge on any atom is -0.409 e. The molecule has 1 aliphatic carbocycles. The number of nitrogens with zero attached hydrogens (tertiary/aromatic N) is 1.